The van der Waals surface area contributed by atoms with Gasteiger partial charge in [-0.15, -0.1) is 0 Å². The van der Waals surface area contributed by atoms with Gasteiger partial charge in [-0.25, -0.2) is 4.79 Å². The van der Waals surface area contributed by atoms with Crippen molar-refractivity contribution in [1.29, 1.82) is 0 Å². The molecular formula is C16H30O2. The molecule has 0 bridgehead atoms. The van der Waals surface area contributed by atoms with Crippen molar-refractivity contribution in [1.82, 2.24) is 0 Å². The molecule has 0 saturated carbocycles. The number of carboxylic acid groups (broad SMARTS) is 1. The lowest BCUT2D eigenvalue weighted by Crippen LogP contribution is -2.09. The minimum absolute atomic E-state index is 0.349. The second kappa shape index (κ2) is 8.34. The molecule has 3 unspecified atom stereocenters. The molecule has 0 aromatic rings. The number of hydrogen-bond acceptors (Lipinski definition) is 1. The van der Waals surface area contributed by atoms with Crippen LogP contribution in [0.3, 0.4) is 0 Å². The van der Waals surface area contributed by atoms with Crippen LogP contribution in [0.5, 0.6) is 0 Å². The number of carbonyl (C=O) groups is 1. The topological polar surface area (TPSA) is 37.3 Å². The van der Waals surface area contributed by atoms with Crippen molar-refractivity contribution in [2.75, 3.05) is 0 Å². The standard InChI is InChI=1S/C16H30O2/c1-11(2)7-12(3)8-13(4)9-14(5)10-15(6)16(17)18/h10-14H,7-9H2,1-6H3,(H,17,18)/b15-10+. The van der Waals surface area contributed by atoms with E-state index in [-0.39, 0.29) is 0 Å². The van der Waals surface area contributed by atoms with Crippen LogP contribution in [0.1, 0.15) is 60.8 Å². The lowest BCUT2D eigenvalue weighted by atomic mass is 9.85. The molecule has 0 rings (SSSR count). The lowest BCUT2D eigenvalue weighted by molar-refractivity contribution is -0.132. The summed E-state index contributed by atoms with van der Waals surface area (Å²) < 4.78 is 0. The summed E-state index contributed by atoms with van der Waals surface area (Å²) in [5.41, 5.74) is 0.463. The summed E-state index contributed by atoms with van der Waals surface area (Å²) >= 11 is 0. The van der Waals surface area contributed by atoms with Gasteiger partial charge in [0, 0.05) is 5.57 Å². The van der Waals surface area contributed by atoms with E-state index in [0.29, 0.717) is 17.4 Å². The third-order valence-electron chi connectivity index (χ3n) is 3.32. The molecule has 0 radical (unpaired) electrons. The summed E-state index contributed by atoms with van der Waals surface area (Å²) in [7, 11) is 0. The van der Waals surface area contributed by atoms with Crippen LogP contribution in [0.25, 0.3) is 0 Å². The lowest BCUT2D eigenvalue weighted by Gasteiger charge is -2.20. The number of allylic oxidation sites excluding steroid dienone is 1. The molecule has 0 aromatic heterocycles. The second-order valence-electron chi connectivity index (χ2n) is 6.44. The first-order chi connectivity index (χ1) is 8.22. The zero-order valence-corrected chi connectivity index (χ0v) is 12.9. The molecule has 0 aliphatic heterocycles. The summed E-state index contributed by atoms with van der Waals surface area (Å²) in [5.74, 6) is 1.73. The van der Waals surface area contributed by atoms with E-state index in [1.54, 1.807) is 6.92 Å². The molecule has 2 heteroatoms. The maximum Gasteiger partial charge on any atom is 0.330 e. The summed E-state index contributed by atoms with van der Waals surface area (Å²) in [5, 5.41) is 8.84. The van der Waals surface area contributed by atoms with E-state index in [1.807, 2.05) is 6.08 Å². The van der Waals surface area contributed by atoms with Crippen molar-refractivity contribution in [3.63, 3.8) is 0 Å². The second-order valence-corrected chi connectivity index (χ2v) is 6.44. The van der Waals surface area contributed by atoms with E-state index in [9.17, 15) is 4.79 Å². The average Bonchev–Trinajstić information content (AvgIpc) is 2.14. The first-order valence-electron chi connectivity index (χ1n) is 7.14. The summed E-state index contributed by atoms with van der Waals surface area (Å²) in [6.45, 7) is 12.9. The van der Waals surface area contributed by atoms with E-state index < -0.39 is 5.97 Å². The Morgan fingerprint density at radius 3 is 1.94 bits per heavy atom. The highest BCUT2D eigenvalue weighted by molar-refractivity contribution is 5.85. The van der Waals surface area contributed by atoms with Gasteiger partial charge in [-0.1, -0.05) is 40.7 Å². The smallest absolute Gasteiger partial charge is 0.330 e. The van der Waals surface area contributed by atoms with Crippen LogP contribution in [0.4, 0.5) is 0 Å². The van der Waals surface area contributed by atoms with E-state index in [2.05, 4.69) is 34.6 Å². The van der Waals surface area contributed by atoms with E-state index in [0.717, 1.165) is 18.3 Å². The molecule has 1 N–H and O–H groups in total. The fourth-order valence-corrected chi connectivity index (χ4v) is 2.88. The van der Waals surface area contributed by atoms with E-state index >= 15 is 0 Å². The highest BCUT2D eigenvalue weighted by Crippen LogP contribution is 2.24. The minimum atomic E-state index is -0.803. The molecule has 3 atom stereocenters. The van der Waals surface area contributed by atoms with Gasteiger partial charge in [-0.05, 0) is 49.9 Å². The predicted octanol–water partition coefficient (Wildman–Crippen LogP) is 4.75. The van der Waals surface area contributed by atoms with Gasteiger partial charge in [0.1, 0.15) is 0 Å². The van der Waals surface area contributed by atoms with Gasteiger partial charge in [0.15, 0.2) is 0 Å². The average molecular weight is 254 g/mol. The third kappa shape index (κ3) is 8.32. The highest BCUT2D eigenvalue weighted by atomic mass is 16.4. The van der Waals surface area contributed by atoms with Crippen LogP contribution in [-0.2, 0) is 4.79 Å². The number of rotatable bonds is 8. The van der Waals surface area contributed by atoms with Gasteiger partial charge < -0.3 is 5.11 Å². The molecule has 18 heavy (non-hydrogen) atoms. The van der Waals surface area contributed by atoms with Crippen LogP contribution in [0.2, 0.25) is 0 Å². The van der Waals surface area contributed by atoms with Gasteiger partial charge in [0.05, 0.1) is 0 Å². The number of aliphatic carboxylic acids is 1. The zero-order chi connectivity index (χ0) is 14.3. The van der Waals surface area contributed by atoms with Crippen molar-refractivity contribution < 1.29 is 9.90 Å². The van der Waals surface area contributed by atoms with Crippen LogP contribution in [0.15, 0.2) is 11.6 Å². The van der Waals surface area contributed by atoms with Gasteiger partial charge in [0.25, 0.3) is 0 Å². The molecule has 0 spiro atoms. The van der Waals surface area contributed by atoms with Crippen molar-refractivity contribution in [3.05, 3.63) is 11.6 Å². The Kier molecular flexibility index (Phi) is 7.97. The maximum absolute atomic E-state index is 10.8. The van der Waals surface area contributed by atoms with E-state index in [4.69, 9.17) is 5.11 Å². The van der Waals surface area contributed by atoms with Gasteiger partial charge in [-0.2, -0.15) is 0 Å². The zero-order valence-electron chi connectivity index (χ0n) is 12.9. The first-order valence-corrected chi connectivity index (χ1v) is 7.14. The molecule has 0 aliphatic carbocycles. The van der Waals surface area contributed by atoms with Crippen molar-refractivity contribution in [2.45, 2.75) is 60.8 Å². The quantitative estimate of drug-likeness (QED) is 0.634. The van der Waals surface area contributed by atoms with Gasteiger partial charge in [-0.3, -0.25) is 0 Å². The van der Waals surface area contributed by atoms with Gasteiger partial charge in [0.2, 0.25) is 0 Å². The number of carboxylic acids is 1. The fourth-order valence-electron chi connectivity index (χ4n) is 2.88. The fraction of sp³-hybridized carbons (Fsp3) is 0.812. The Bertz CT molecular complexity index is 279. The molecule has 2 nitrogen and oxygen atoms in total. The van der Waals surface area contributed by atoms with Crippen LogP contribution < -0.4 is 0 Å². The monoisotopic (exact) mass is 254 g/mol. The Morgan fingerprint density at radius 1 is 1.00 bits per heavy atom. The Balaban J connectivity index is 4.12. The SMILES string of the molecule is C/C(=C\C(C)CC(C)CC(C)CC(C)C)C(=O)O. The molecule has 0 saturated heterocycles. The molecule has 0 aromatic carbocycles. The first kappa shape index (κ1) is 17.2. The summed E-state index contributed by atoms with van der Waals surface area (Å²) in [6.07, 6.45) is 5.48. The molecule has 0 aliphatic rings. The van der Waals surface area contributed by atoms with Crippen LogP contribution in [0, 0.1) is 23.7 Å². The summed E-state index contributed by atoms with van der Waals surface area (Å²) in [6, 6.07) is 0. The normalized spacial score (nSPS) is 17.6. The van der Waals surface area contributed by atoms with Crippen LogP contribution in [-0.4, -0.2) is 11.1 Å². The van der Waals surface area contributed by atoms with Crippen molar-refractivity contribution in [3.8, 4) is 0 Å². The molecule has 0 amide bonds. The van der Waals surface area contributed by atoms with E-state index in [1.165, 1.54) is 12.8 Å². The van der Waals surface area contributed by atoms with Crippen molar-refractivity contribution in [2.24, 2.45) is 23.7 Å². The largest absolute Gasteiger partial charge is 0.478 e. The Labute approximate surface area is 112 Å². The third-order valence-corrected chi connectivity index (χ3v) is 3.32. The maximum atomic E-state index is 10.8. The van der Waals surface area contributed by atoms with Crippen LogP contribution >= 0.6 is 0 Å². The van der Waals surface area contributed by atoms with Crippen molar-refractivity contribution >= 4 is 5.97 Å². The van der Waals surface area contributed by atoms with Gasteiger partial charge >= 0.3 is 5.97 Å². The molecule has 0 fully saturated rings. The molecule has 106 valence electrons. The molecule has 0 heterocycles. The predicted molar refractivity (Wildman–Crippen MR) is 77.6 cm³/mol. The molecular weight excluding hydrogens is 224 g/mol. The number of hydrogen-bond donors (Lipinski definition) is 1. The Morgan fingerprint density at radius 2 is 1.50 bits per heavy atom. The minimum Gasteiger partial charge on any atom is -0.478 e. The Hall–Kier alpha value is -0.790. The highest BCUT2D eigenvalue weighted by Gasteiger charge is 2.13. The summed E-state index contributed by atoms with van der Waals surface area (Å²) in [4.78, 5) is 10.8.